The third kappa shape index (κ3) is 2.08. The molecular formula is C14H18BrNO2. The molecule has 1 heterocycles. The van der Waals surface area contributed by atoms with Gasteiger partial charge in [-0.05, 0) is 37.5 Å². The number of aliphatic hydroxyl groups is 1. The van der Waals surface area contributed by atoms with Gasteiger partial charge in [0.1, 0.15) is 0 Å². The molecule has 3 nitrogen and oxygen atoms in total. The van der Waals surface area contributed by atoms with Gasteiger partial charge in [0, 0.05) is 23.3 Å². The number of hydrogen-bond donors (Lipinski definition) is 1. The first-order valence-electron chi connectivity index (χ1n) is 6.10. The summed E-state index contributed by atoms with van der Waals surface area (Å²) < 4.78 is 0.966. The van der Waals surface area contributed by atoms with E-state index in [1.54, 1.807) is 4.90 Å². The van der Waals surface area contributed by atoms with Gasteiger partial charge in [-0.2, -0.15) is 0 Å². The van der Waals surface area contributed by atoms with Gasteiger partial charge in [0.25, 0.3) is 0 Å². The number of hydrogen-bond acceptors (Lipinski definition) is 2. The minimum absolute atomic E-state index is 0.0784. The largest absolute Gasteiger partial charge is 0.396 e. The van der Waals surface area contributed by atoms with Crippen LogP contribution in [0.4, 0.5) is 5.69 Å². The smallest absolute Gasteiger partial charge is 0.237 e. The van der Waals surface area contributed by atoms with Crippen molar-refractivity contribution >= 4 is 27.5 Å². The zero-order valence-corrected chi connectivity index (χ0v) is 12.5. The molecule has 1 aromatic carbocycles. The highest BCUT2D eigenvalue weighted by Gasteiger charge is 2.43. The van der Waals surface area contributed by atoms with E-state index in [1.807, 2.05) is 39.0 Å². The predicted octanol–water partition coefficient (Wildman–Crippen LogP) is 2.70. The van der Waals surface area contributed by atoms with Crippen LogP contribution in [0.1, 0.15) is 26.3 Å². The number of carbonyl (C=O) groups is 1. The Labute approximate surface area is 116 Å². The second-order valence-corrected chi connectivity index (χ2v) is 6.41. The van der Waals surface area contributed by atoms with Gasteiger partial charge in [-0.15, -0.1) is 0 Å². The number of amides is 1. The summed E-state index contributed by atoms with van der Waals surface area (Å²) in [6.45, 7) is 6.49. The molecule has 0 radical (unpaired) electrons. The summed E-state index contributed by atoms with van der Waals surface area (Å²) in [7, 11) is 0. The number of nitrogens with zero attached hydrogens (tertiary/aromatic N) is 1. The number of rotatable bonds is 3. The van der Waals surface area contributed by atoms with Crippen molar-refractivity contribution in [3.8, 4) is 0 Å². The molecule has 2 rings (SSSR count). The quantitative estimate of drug-likeness (QED) is 0.932. The molecule has 0 aliphatic carbocycles. The standard InChI is InChI=1S/C14H18BrNO2/c1-9(8-17)7-16-12-6-10(15)4-5-11(12)14(2,3)13(16)18/h4-6,9,17H,7-8H2,1-3H3/t9-/m0/s1. The molecule has 1 aromatic rings. The van der Waals surface area contributed by atoms with Gasteiger partial charge in [-0.25, -0.2) is 0 Å². The molecule has 1 N–H and O–H groups in total. The number of anilines is 1. The molecule has 1 amide bonds. The van der Waals surface area contributed by atoms with Crippen LogP contribution in [-0.2, 0) is 10.2 Å². The number of benzene rings is 1. The van der Waals surface area contributed by atoms with E-state index in [0.29, 0.717) is 6.54 Å². The third-order valence-electron chi connectivity index (χ3n) is 3.51. The highest BCUT2D eigenvalue weighted by Crippen LogP contribution is 2.42. The van der Waals surface area contributed by atoms with Gasteiger partial charge >= 0.3 is 0 Å². The van der Waals surface area contributed by atoms with Crippen LogP contribution >= 0.6 is 15.9 Å². The van der Waals surface area contributed by atoms with Crippen molar-refractivity contribution in [2.24, 2.45) is 5.92 Å². The summed E-state index contributed by atoms with van der Waals surface area (Å²) in [6.07, 6.45) is 0. The first kappa shape index (κ1) is 13.6. The lowest BCUT2D eigenvalue weighted by Gasteiger charge is -2.23. The molecule has 0 unspecified atom stereocenters. The Morgan fingerprint density at radius 1 is 1.44 bits per heavy atom. The Bertz CT molecular complexity index is 485. The van der Waals surface area contributed by atoms with E-state index in [9.17, 15) is 4.79 Å². The van der Waals surface area contributed by atoms with Gasteiger partial charge in [0.15, 0.2) is 0 Å². The van der Waals surface area contributed by atoms with Crippen molar-refractivity contribution in [2.75, 3.05) is 18.1 Å². The highest BCUT2D eigenvalue weighted by molar-refractivity contribution is 9.10. The monoisotopic (exact) mass is 311 g/mol. The second kappa shape index (κ2) is 4.67. The van der Waals surface area contributed by atoms with Crippen LogP contribution in [0.5, 0.6) is 0 Å². The number of carbonyl (C=O) groups excluding carboxylic acids is 1. The van der Waals surface area contributed by atoms with Gasteiger partial charge in [0.05, 0.1) is 5.41 Å². The van der Waals surface area contributed by atoms with Gasteiger partial charge in [-0.3, -0.25) is 4.79 Å². The molecule has 0 saturated carbocycles. The van der Waals surface area contributed by atoms with E-state index >= 15 is 0 Å². The van der Waals surface area contributed by atoms with E-state index < -0.39 is 5.41 Å². The fourth-order valence-electron chi connectivity index (χ4n) is 2.37. The molecule has 1 aliphatic rings. The van der Waals surface area contributed by atoms with Crippen LogP contribution in [0.3, 0.4) is 0 Å². The van der Waals surface area contributed by atoms with E-state index in [-0.39, 0.29) is 18.4 Å². The fourth-order valence-corrected chi connectivity index (χ4v) is 2.72. The van der Waals surface area contributed by atoms with Crippen molar-refractivity contribution < 1.29 is 9.90 Å². The molecule has 0 fully saturated rings. The molecule has 0 aromatic heterocycles. The average Bonchev–Trinajstić information content (AvgIpc) is 2.50. The summed E-state index contributed by atoms with van der Waals surface area (Å²) in [4.78, 5) is 14.3. The number of fused-ring (bicyclic) bond motifs is 1. The molecule has 0 saturated heterocycles. The second-order valence-electron chi connectivity index (χ2n) is 5.49. The first-order chi connectivity index (χ1) is 8.37. The fraction of sp³-hybridized carbons (Fsp3) is 0.500. The maximum Gasteiger partial charge on any atom is 0.237 e. The molecule has 0 spiro atoms. The van der Waals surface area contributed by atoms with Crippen molar-refractivity contribution in [1.29, 1.82) is 0 Å². The third-order valence-corrected chi connectivity index (χ3v) is 4.00. The maximum atomic E-state index is 12.5. The van der Waals surface area contributed by atoms with Crippen LogP contribution < -0.4 is 4.90 Å². The Hall–Kier alpha value is -0.870. The summed E-state index contributed by atoms with van der Waals surface area (Å²) in [5.74, 6) is 0.186. The lowest BCUT2D eigenvalue weighted by molar-refractivity contribution is -0.122. The SMILES string of the molecule is C[C@H](CO)CN1C(=O)C(C)(C)c2ccc(Br)cc21. The molecule has 4 heteroatoms. The summed E-state index contributed by atoms with van der Waals surface area (Å²) in [6, 6.07) is 5.94. The minimum atomic E-state index is -0.481. The zero-order chi connectivity index (χ0) is 13.5. The van der Waals surface area contributed by atoms with Crippen LogP contribution in [0, 0.1) is 5.92 Å². The van der Waals surface area contributed by atoms with E-state index in [1.165, 1.54) is 0 Å². The lowest BCUT2D eigenvalue weighted by Crippen LogP contribution is -2.39. The van der Waals surface area contributed by atoms with Crippen molar-refractivity contribution in [3.05, 3.63) is 28.2 Å². The van der Waals surface area contributed by atoms with Crippen LogP contribution in [0.25, 0.3) is 0 Å². The Balaban J connectivity index is 2.45. The lowest BCUT2D eigenvalue weighted by atomic mass is 9.86. The Morgan fingerprint density at radius 3 is 2.72 bits per heavy atom. The molecule has 0 bridgehead atoms. The molecular weight excluding hydrogens is 294 g/mol. The van der Waals surface area contributed by atoms with E-state index in [2.05, 4.69) is 15.9 Å². The average molecular weight is 312 g/mol. The Kier molecular flexibility index (Phi) is 3.52. The van der Waals surface area contributed by atoms with Gasteiger partial charge in [-0.1, -0.05) is 28.9 Å². The molecule has 98 valence electrons. The topological polar surface area (TPSA) is 40.5 Å². The molecule has 18 heavy (non-hydrogen) atoms. The number of aliphatic hydroxyl groups excluding tert-OH is 1. The summed E-state index contributed by atoms with van der Waals surface area (Å²) in [5.41, 5.74) is 1.53. The van der Waals surface area contributed by atoms with Gasteiger partial charge in [0.2, 0.25) is 5.91 Å². The van der Waals surface area contributed by atoms with Crippen molar-refractivity contribution in [1.82, 2.24) is 0 Å². The first-order valence-corrected chi connectivity index (χ1v) is 6.90. The maximum absolute atomic E-state index is 12.5. The summed E-state index contributed by atoms with van der Waals surface area (Å²) in [5, 5.41) is 9.17. The molecule has 1 aliphatic heterocycles. The number of halogens is 1. The van der Waals surface area contributed by atoms with Crippen molar-refractivity contribution in [3.63, 3.8) is 0 Å². The molecule has 1 atom stereocenters. The summed E-state index contributed by atoms with van der Waals surface area (Å²) >= 11 is 3.45. The van der Waals surface area contributed by atoms with Crippen LogP contribution in [0.15, 0.2) is 22.7 Å². The van der Waals surface area contributed by atoms with Crippen molar-refractivity contribution in [2.45, 2.75) is 26.2 Å². The predicted molar refractivity (Wildman–Crippen MR) is 75.8 cm³/mol. The van der Waals surface area contributed by atoms with E-state index in [0.717, 1.165) is 15.7 Å². The van der Waals surface area contributed by atoms with Gasteiger partial charge < -0.3 is 10.0 Å². The Morgan fingerprint density at radius 2 is 2.11 bits per heavy atom. The zero-order valence-electron chi connectivity index (χ0n) is 10.9. The highest BCUT2D eigenvalue weighted by atomic mass is 79.9. The minimum Gasteiger partial charge on any atom is -0.396 e. The normalized spacial score (nSPS) is 18.9. The van der Waals surface area contributed by atoms with Crippen LogP contribution in [0.2, 0.25) is 0 Å². The van der Waals surface area contributed by atoms with E-state index in [4.69, 9.17) is 5.11 Å². The van der Waals surface area contributed by atoms with Crippen LogP contribution in [-0.4, -0.2) is 24.2 Å².